The number of benzene rings is 2. The van der Waals surface area contributed by atoms with Crippen molar-refractivity contribution < 1.29 is 37.6 Å². The maximum atomic E-state index is 14.9. The van der Waals surface area contributed by atoms with E-state index in [0.717, 1.165) is 63.2 Å². The molecule has 3 fully saturated rings. The molecular weight excluding hydrogens is 931 g/mol. The number of esters is 1. The molecule has 8 rings (SSSR count). The number of likely N-dealkylation sites (N-methyl/N-ethyl adjacent to an activating group) is 1. The molecule has 4 aromatic rings. The highest BCUT2D eigenvalue weighted by Gasteiger charge is 2.40. The first-order valence-electron chi connectivity index (χ1n) is 25.8. The second-order valence-corrected chi connectivity index (χ2v) is 22.3. The molecule has 72 heavy (non-hydrogen) atoms. The number of nitrogens with zero attached hydrogens (tertiary/aromatic N) is 6. The standard InChI is InChI=1S/C56H73N7O8S/c1-9-63-48-19-18-41-32-45(48)46(51(63)44-17-11-21-57-49(44)38(4)69-8)33-56(5,6)36-71-55(67)43-16-12-23-61(34-43)54(66)47(31-39-14-10-15-40(41)30-39)58-52(64)50(37(2)3)59(7)53(65)42-20-24-62(35-42)72(68)29-13-22-60-25-27-70-28-26-60/h10-11,14-15,17-19,21,30,32,37-38,42-43,47,50H,9,12,16,20,22-28,31,33-36H2,1-8H3,(H,58,64). The summed E-state index contributed by atoms with van der Waals surface area (Å²) in [6.07, 6.45) is 4.01. The lowest BCUT2D eigenvalue weighted by Gasteiger charge is -2.36. The van der Waals surface area contributed by atoms with Crippen LogP contribution >= 0.6 is 0 Å². The number of rotatable bonds is 11. The quantitative estimate of drug-likeness (QED) is 0.135. The van der Waals surface area contributed by atoms with Crippen molar-refractivity contribution >= 4 is 45.6 Å². The van der Waals surface area contributed by atoms with Crippen LogP contribution in [0.15, 0.2) is 60.8 Å². The highest BCUT2D eigenvalue weighted by atomic mass is 32.2. The van der Waals surface area contributed by atoms with Crippen molar-refractivity contribution in [1.82, 2.24) is 33.9 Å². The van der Waals surface area contributed by atoms with E-state index < -0.39 is 46.2 Å². The molecule has 0 aliphatic carbocycles. The molecule has 6 bridgehead atoms. The van der Waals surface area contributed by atoms with Crippen molar-refractivity contribution in [3.8, 4) is 33.6 Å². The molecule has 6 heterocycles. The number of pyridine rings is 1. The molecule has 16 heteroatoms. The minimum Gasteiger partial charge on any atom is -0.465 e. The minimum atomic E-state index is -1.57. The monoisotopic (exact) mass is 1000 g/mol. The van der Waals surface area contributed by atoms with E-state index in [1.807, 2.05) is 39.0 Å². The predicted octanol–water partition coefficient (Wildman–Crippen LogP) is 6.25. The Labute approximate surface area is 427 Å². The summed E-state index contributed by atoms with van der Waals surface area (Å²) in [7, 11) is 1.77. The van der Waals surface area contributed by atoms with Gasteiger partial charge in [-0.05, 0) is 92.0 Å². The number of cyclic esters (lactones) is 1. The Morgan fingerprint density at radius 1 is 1.00 bits per heavy atom. The topological polar surface area (TPSA) is 156 Å². The van der Waals surface area contributed by atoms with Crippen LogP contribution in [0.3, 0.4) is 0 Å². The lowest BCUT2D eigenvalue weighted by Crippen LogP contribution is -2.58. The van der Waals surface area contributed by atoms with Crippen molar-refractivity contribution in [2.45, 2.75) is 98.4 Å². The number of carbonyl (C=O) groups is 4. The number of hydrogen-bond acceptors (Lipinski definition) is 10. The first-order valence-corrected chi connectivity index (χ1v) is 26.9. The summed E-state index contributed by atoms with van der Waals surface area (Å²) in [5.74, 6) is 0.442. The van der Waals surface area contributed by atoms with Crippen LogP contribution in [0, 0.1) is 34.3 Å². The van der Waals surface area contributed by atoms with Crippen LogP contribution in [0.2, 0.25) is 0 Å². The highest BCUT2D eigenvalue weighted by molar-refractivity contribution is 7.87. The SMILES string of the molecule is CCn1c(-c2cccnc2C(C)OC)c2c3cc(ccc31)-c1cccc(c1)CC(NC(=O)C(C(C)C)N(C)C(=O)C1CCN(S(=O)C#CCN3CCOCC3)C1)C(=O)N1CCCC(C1)C(=O)OCC(C)(C)C2. The first kappa shape index (κ1) is 52.9. The van der Waals surface area contributed by atoms with Gasteiger partial charge in [0.15, 0.2) is 11.0 Å². The molecule has 6 atom stereocenters. The van der Waals surface area contributed by atoms with Crippen molar-refractivity contribution in [3.63, 3.8) is 0 Å². The molecule has 0 saturated carbocycles. The third-order valence-electron chi connectivity index (χ3n) is 14.9. The Kier molecular flexibility index (Phi) is 17.0. The molecular formula is C56H73N7O8S. The Hall–Kier alpha value is -5.44. The van der Waals surface area contributed by atoms with Crippen LogP contribution in [0.1, 0.15) is 83.7 Å². The summed E-state index contributed by atoms with van der Waals surface area (Å²) in [4.78, 5) is 68.0. The van der Waals surface area contributed by atoms with Crippen molar-refractivity contribution in [1.29, 1.82) is 0 Å². The van der Waals surface area contributed by atoms with Gasteiger partial charge in [-0.15, -0.1) is 0 Å². The molecule has 3 amide bonds. The van der Waals surface area contributed by atoms with Crippen LogP contribution < -0.4 is 5.32 Å². The van der Waals surface area contributed by atoms with Crippen molar-refractivity contribution in [2.75, 3.05) is 79.8 Å². The molecule has 386 valence electrons. The molecule has 4 aliphatic heterocycles. The Morgan fingerprint density at radius 3 is 2.53 bits per heavy atom. The van der Waals surface area contributed by atoms with E-state index in [2.05, 4.69) is 83.1 Å². The minimum absolute atomic E-state index is 0.170. The molecule has 3 saturated heterocycles. The van der Waals surface area contributed by atoms with Gasteiger partial charge in [0.2, 0.25) is 17.7 Å². The van der Waals surface area contributed by atoms with E-state index in [0.29, 0.717) is 65.1 Å². The number of hydrogen-bond donors (Lipinski definition) is 1. The molecule has 2 aromatic carbocycles. The number of methoxy groups -OCH3 is 1. The van der Waals surface area contributed by atoms with Crippen molar-refractivity contribution in [3.05, 3.63) is 77.6 Å². The number of morpholine rings is 1. The third kappa shape index (κ3) is 11.8. The summed E-state index contributed by atoms with van der Waals surface area (Å²) in [6, 6.07) is 16.8. The molecule has 1 N–H and O–H groups in total. The normalized spacial score (nSPS) is 22.3. The third-order valence-corrected chi connectivity index (χ3v) is 16.0. The molecule has 15 nitrogen and oxygen atoms in total. The van der Waals surface area contributed by atoms with Crippen LogP contribution in [0.25, 0.3) is 33.3 Å². The second-order valence-electron chi connectivity index (χ2n) is 21.1. The van der Waals surface area contributed by atoms with Crippen LogP contribution in [-0.4, -0.2) is 148 Å². The molecule has 0 radical (unpaired) electrons. The van der Waals surface area contributed by atoms with Gasteiger partial charge >= 0.3 is 5.97 Å². The van der Waals surface area contributed by atoms with Gasteiger partial charge in [-0.1, -0.05) is 63.9 Å². The number of aromatic nitrogens is 2. The maximum Gasteiger partial charge on any atom is 0.310 e. The number of ether oxygens (including phenoxy) is 3. The van der Waals surface area contributed by atoms with Crippen LogP contribution in [-0.2, 0) is 63.8 Å². The Bertz CT molecular complexity index is 2720. The lowest BCUT2D eigenvalue weighted by molar-refractivity contribution is -0.155. The second kappa shape index (κ2) is 23.2. The van der Waals surface area contributed by atoms with Crippen LogP contribution in [0.5, 0.6) is 0 Å². The molecule has 4 aliphatic rings. The average molecular weight is 1000 g/mol. The summed E-state index contributed by atoms with van der Waals surface area (Å²) < 4.78 is 34.7. The maximum absolute atomic E-state index is 14.9. The van der Waals surface area contributed by atoms with E-state index in [1.54, 1.807) is 29.6 Å². The van der Waals surface area contributed by atoms with Crippen LogP contribution in [0.4, 0.5) is 0 Å². The lowest BCUT2D eigenvalue weighted by atomic mass is 9.84. The van der Waals surface area contributed by atoms with Gasteiger partial charge in [0, 0.05) is 99.7 Å². The smallest absolute Gasteiger partial charge is 0.310 e. The predicted molar refractivity (Wildman–Crippen MR) is 279 cm³/mol. The van der Waals surface area contributed by atoms with Gasteiger partial charge < -0.3 is 33.9 Å². The fourth-order valence-corrected chi connectivity index (χ4v) is 11.9. The van der Waals surface area contributed by atoms with E-state index in [-0.39, 0.29) is 55.9 Å². The summed E-state index contributed by atoms with van der Waals surface area (Å²) in [5, 5.41) is 7.08. The number of nitrogens with one attached hydrogen (secondary N) is 1. The van der Waals surface area contributed by atoms with Gasteiger partial charge in [-0.2, -0.15) is 0 Å². The van der Waals surface area contributed by atoms with Gasteiger partial charge in [0.1, 0.15) is 12.1 Å². The zero-order chi connectivity index (χ0) is 51.3. The number of aryl methyl sites for hydroxylation is 1. The molecule has 0 spiro atoms. The van der Waals surface area contributed by atoms with E-state index in [9.17, 15) is 23.4 Å². The Morgan fingerprint density at radius 2 is 1.78 bits per heavy atom. The van der Waals surface area contributed by atoms with Gasteiger partial charge in [0.25, 0.3) is 0 Å². The summed E-state index contributed by atoms with van der Waals surface area (Å²) >= 11 is 0. The Balaban J connectivity index is 1.10. The largest absolute Gasteiger partial charge is 0.465 e. The zero-order valence-corrected chi connectivity index (χ0v) is 44.2. The summed E-state index contributed by atoms with van der Waals surface area (Å²) in [5.41, 5.74) is 7.43. The fourth-order valence-electron chi connectivity index (χ4n) is 11.0. The number of piperidine rings is 1. The van der Waals surface area contributed by atoms with Gasteiger partial charge in [-0.3, -0.25) is 29.1 Å². The van der Waals surface area contributed by atoms with Crippen molar-refractivity contribution in [2.24, 2.45) is 23.2 Å². The molecule has 6 unspecified atom stereocenters. The van der Waals surface area contributed by atoms with E-state index in [1.165, 1.54) is 4.90 Å². The van der Waals surface area contributed by atoms with Gasteiger partial charge in [0.05, 0.1) is 55.7 Å². The molecule has 2 aromatic heterocycles. The summed E-state index contributed by atoms with van der Waals surface area (Å²) in [6.45, 7) is 17.8. The number of fused-ring (bicyclic) bond motifs is 6. The van der Waals surface area contributed by atoms with E-state index >= 15 is 0 Å². The zero-order valence-electron chi connectivity index (χ0n) is 43.4. The van der Waals surface area contributed by atoms with Gasteiger partial charge in [-0.25, -0.2) is 8.51 Å². The number of carbonyl (C=O) groups excluding carboxylic acids is 4. The van der Waals surface area contributed by atoms with E-state index in [4.69, 9.17) is 19.2 Å². The highest BCUT2D eigenvalue weighted by Crippen LogP contribution is 2.42. The fraction of sp³-hybridized carbons (Fsp3) is 0.554. The first-order chi connectivity index (χ1) is 34.6. The average Bonchev–Trinajstić information content (AvgIpc) is 4.00. The number of amides is 3.